The first kappa shape index (κ1) is 16.6. The number of aliphatic hydroxyl groups excluding tert-OH is 1. The van der Waals surface area contributed by atoms with Gasteiger partial charge in [0.15, 0.2) is 0 Å². The second-order valence-electron chi connectivity index (χ2n) is 4.40. The van der Waals surface area contributed by atoms with E-state index in [2.05, 4.69) is 21.5 Å². The number of hydrogen-bond acceptors (Lipinski definition) is 4. The first-order chi connectivity index (χ1) is 9.53. The third-order valence-corrected chi connectivity index (χ3v) is 4.44. The van der Waals surface area contributed by atoms with E-state index in [0.29, 0.717) is 18.0 Å². The average Bonchev–Trinajstić information content (AvgIpc) is 2.46. The van der Waals surface area contributed by atoms with Crippen molar-refractivity contribution >= 4 is 10.0 Å². The quantitative estimate of drug-likeness (QED) is 0.772. The number of pyridine rings is 1. The van der Waals surface area contributed by atoms with Crippen LogP contribution >= 0.6 is 0 Å². The molecule has 0 saturated carbocycles. The molecule has 0 aliphatic carbocycles. The second kappa shape index (κ2) is 8.00. The van der Waals surface area contributed by atoms with Gasteiger partial charge in [0, 0.05) is 24.5 Å². The minimum absolute atomic E-state index is 0.0909. The van der Waals surface area contributed by atoms with Gasteiger partial charge in [-0.05, 0) is 12.0 Å². The summed E-state index contributed by atoms with van der Waals surface area (Å²) in [6.07, 6.45) is 4.61. The van der Waals surface area contributed by atoms with Gasteiger partial charge >= 0.3 is 0 Å². The first-order valence-corrected chi connectivity index (χ1v) is 8.06. The molecule has 0 amide bonds. The van der Waals surface area contributed by atoms with E-state index in [1.54, 1.807) is 0 Å². The Hall–Kier alpha value is -1.42. The molecule has 1 aromatic rings. The van der Waals surface area contributed by atoms with Crippen LogP contribution in [0.3, 0.4) is 0 Å². The summed E-state index contributed by atoms with van der Waals surface area (Å²) in [5.74, 6) is 5.43. The lowest BCUT2D eigenvalue weighted by Crippen LogP contribution is -2.29. The monoisotopic (exact) mass is 296 g/mol. The second-order valence-corrected chi connectivity index (χ2v) is 6.17. The van der Waals surface area contributed by atoms with Gasteiger partial charge in [0.25, 0.3) is 0 Å². The maximum Gasteiger partial charge on any atom is 0.242 e. The fourth-order valence-electron chi connectivity index (χ4n) is 1.66. The minimum Gasteiger partial charge on any atom is -0.384 e. The number of sulfonamides is 1. The Morgan fingerprint density at radius 2 is 2.05 bits per heavy atom. The normalized spacial score (nSPS) is 11.2. The summed E-state index contributed by atoms with van der Waals surface area (Å²) >= 11 is 0. The molecule has 0 bridgehead atoms. The van der Waals surface area contributed by atoms with E-state index in [9.17, 15) is 8.42 Å². The zero-order valence-electron chi connectivity index (χ0n) is 11.8. The van der Waals surface area contributed by atoms with Crippen molar-refractivity contribution in [2.45, 2.75) is 31.6 Å². The molecule has 2 N–H and O–H groups in total. The van der Waals surface area contributed by atoms with E-state index < -0.39 is 10.0 Å². The maximum atomic E-state index is 12.1. The molecule has 1 aromatic heterocycles. The van der Waals surface area contributed by atoms with Crippen LogP contribution in [0, 0.1) is 17.8 Å². The Balaban J connectivity index is 2.87. The SMILES string of the molecule is CCC(CC)CNS(=O)(=O)c1cncc(C#CCO)c1. The van der Waals surface area contributed by atoms with Crippen LogP contribution in [0.15, 0.2) is 23.4 Å². The highest BCUT2D eigenvalue weighted by molar-refractivity contribution is 7.89. The molecule has 1 heterocycles. The summed E-state index contributed by atoms with van der Waals surface area (Å²) in [5, 5.41) is 8.63. The van der Waals surface area contributed by atoms with Crippen LogP contribution in [-0.2, 0) is 10.0 Å². The molecule has 110 valence electrons. The fourth-order valence-corrected chi connectivity index (χ4v) is 2.77. The lowest BCUT2D eigenvalue weighted by atomic mass is 10.0. The van der Waals surface area contributed by atoms with Crippen molar-refractivity contribution in [3.05, 3.63) is 24.0 Å². The summed E-state index contributed by atoms with van der Waals surface area (Å²) in [6.45, 7) is 4.22. The highest BCUT2D eigenvalue weighted by Crippen LogP contribution is 2.11. The van der Waals surface area contributed by atoms with E-state index in [-0.39, 0.29) is 11.5 Å². The maximum absolute atomic E-state index is 12.1. The predicted octanol–water partition coefficient (Wildman–Crippen LogP) is 1.14. The van der Waals surface area contributed by atoms with Crippen LogP contribution in [0.2, 0.25) is 0 Å². The Labute approximate surface area is 120 Å². The van der Waals surface area contributed by atoms with Crippen LogP contribution < -0.4 is 4.72 Å². The fraction of sp³-hybridized carbons (Fsp3) is 0.500. The van der Waals surface area contributed by atoms with Gasteiger partial charge in [0.05, 0.1) is 0 Å². The summed E-state index contributed by atoms with van der Waals surface area (Å²) in [4.78, 5) is 3.96. The Bertz CT molecular complexity index is 584. The third-order valence-electron chi connectivity index (χ3n) is 3.05. The van der Waals surface area contributed by atoms with Crippen LogP contribution in [0.5, 0.6) is 0 Å². The molecule has 0 spiro atoms. The molecular formula is C14H20N2O3S. The molecule has 5 nitrogen and oxygen atoms in total. The van der Waals surface area contributed by atoms with E-state index >= 15 is 0 Å². The molecule has 0 fully saturated rings. The zero-order chi connectivity index (χ0) is 15.0. The van der Waals surface area contributed by atoms with Gasteiger partial charge in [-0.1, -0.05) is 38.5 Å². The minimum atomic E-state index is -3.57. The highest BCUT2D eigenvalue weighted by Gasteiger charge is 2.16. The van der Waals surface area contributed by atoms with Crippen molar-refractivity contribution in [2.75, 3.05) is 13.2 Å². The average molecular weight is 296 g/mol. The van der Waals surface area contributed by atoms with Crippen molar-refractivity contribution in [1.29, 1.82) is 0 Å². The zero-order valence-corrected chi connectivity index (χ0v) is 12.6. The molecule has 1 rings (SSSR count). The lowest BCUT2D eigenvalue weighted by molar-refractivity contribution is 0.350. The van der Waals surface area contributed by atoms with Crippen molar-refractivity contribution in [3.8, 4) is 11.8 Å². The van der Waals surface area contributed by atoms with Gasteiger partial charge < -0.3 is 5.11 Å². The molecule has 0 aliphatic heterocycles. The first-order valence-electron chi connectivity index (χ1n) is 6.57. The molecule has 0 aromatic carbocycles. The smallest absolute Gasteiger partial charge is 0.242 e. The number of nitrogens with one attached hydrogen (secondary N) is 1. The van der Waals surface area contributed by atoms with Crippen LogP contribution in [0.4, 0.5) is 0 Å². The van der Waals surface area contributed by atoms with Crippen LogP contribution in [-0.4, -0.2) is 31.7 Å². The van der Waals surface area contributed by atoms with Gasteiger partial charge in [-0.2, -0.15) is 0 Å². The highest BCUT2D eigenvalue weighted by atomic mass is 32.2. The van der Waals surface area contributed by atoms with Crippen molar-refractivity contribution in [1.82, 2.24) is 9.71 Å². The van der Waals surface area contributed by atoms with Gasteiger partial charge in [-0.25, -0.2) is 13.1 Å². The summed E-state index contributed by atoms with van der Waals surface area (Å²) < 4.78 is 26.9. The van der Waals surface area contributed by atoms with E-state index in [4.69, 9.17) is 5.11 Å². The van der Waals surface area contributed by atoms with Crippen molar-refractivity contribution in [3.63, 3.8) is 0 Å². The predicted molar refractivity (Wildman–Crippen MR) is 77.5 cm³/mol. The van der Waals surface area contributed by atoms with Gasteiger partial charge in [-0.3, -0.25) is 4.98 Å². The Morgan fingerprint density at radius 1 is 1.35 bits per heavy atom. The van der Waals surface area contributed by atoms with Gasteiger partial charge in [0.1, 0.15) is 11.5 Å². The molecule has 0 unspecified atom stereocenters. The van der Waals surface area contributed by atoms with Crippen LogP contribution in [0.1, 0.15) is 32.3 Å². The molecule has 0 saturated heterocycles. The van der Waals surface area contributed by atoms with Gasteiger partial charge in [0.2, 0.25) is 10.0 Å². The lowest BCUT2D eigenvalue weighted by Gasteiger charge is -2.13. The molecule has 6 heteroatoms. The number of nitrogens with zero attached hydrogens (tertiary/aromatic N) is 1. The standard InChI is InChI=1S/C14H20N2O3S/c1-3-12(4-2)10-16-20(18,19)14-8-13(6-5-7-17)9-15-11-14/h8-9,11-12,16-17H,3-4,7,10H2,1-2H3. The Kier molecular flexibility index (Phi) is 6.65. The molecule has 20 heavy (non-hydrogen) atoms. The largest absolute Gasteiger partial charge is 0.384 e. The number of aliphatic hydroxyl groups is 1. The van der Waals surface area contributed by atoms with Crippen LogP contribution in [0.25, 0.3) is 0 Å². The molecular weight excluding hydrogens is 276 g/mol. The topological polar surface area (TPSA) is 79.3 Å². The molecule has 0 aliphatic rings. The number of hydrogen-bond donors (Lipinski definition) is 2. The number of rotatable bonds is 6. The van der Waals surface area contributed by atoms with E-state index in [1.807, 2.05) is 13.8 Å². The summed E-state index contributed by atoms with van der Waals surface area (Å²) in [7, 11) is -3.57. The summed E-state index contributed by atoms with van der Waals surface area (Å²) in [5.41, 5.74) is 0.462. The molecule has 0 radical (unpaired) electrons. The molecule has 0 atom stereocenters. The van der Waals surface area contributed by atoms with Crippen molar-refractivity contribution < 1.29 is 13.5 Å². The number of aromatic nitrogens is 1. The van der Waals surface area contributed by atoms with E-state index in [1.165, 1.54) is 18.5 Å². The Morgan fingerprint density at radius 3 is 2.65 bits per heavy atom. The summed E-state index contributed by atoms with van der Waals surface area (Å²) in [6, 6.07) is 1.45. The van der Waals surface area contributed by atoms with Crippen molar-refractivity contribution in [2.24, 2.45) is 5.92 Å². The van der Waals surface area contributed by atoms with E-state index in [0.717, 1.165) is 12.8 Å². The van der Waals surface area contributed by atoms with Gasteiger partial charge in [-0.15, -0.1) is 0 Å². The third kappa shape index (κ3) is 4.93.